The molecule has 0 atom stereocenters. The van der Waals surface area contributed by atoms with Gasteiger partial charge in [0.15, 0.2) is 0 Å². The summed E-state index contributed by atoms with van der Waals surface area (Å²) in [5, 5.41) is 14.3. The molecule has 0 spiro atoms. The third-order valence-corrected chi connectivity index (χ3v) is 2.16. The Hall–Kier alpha value is -0.690. The van der Waals surface area contributed by atoms with Gasteiger partial charge in [-0.25, -0.2) is 0 Å². The van der Waals surface area contributed by atoms with Crippen LogP contribution in [0.1, 0.15) is 19.8 Å². The number of ether oxygens (including phenoxy) is 2. The van der Waals surface area contributed by atoms with Gasteiger partial charge < -0.3 is 25.2 Å². The molecule has 6 nitrogen and oxygen atoms in total. The molecule has 0 aliphatic rings. The van der Waals surface area contributed by atoms with Crippen molar-refractivity contribution in [2.75, 3.05) is 52.7 Å². The smallest absolute Gasteiger partial charge is 0.233 e. The number of amides is 1. The number of aliphatic hydroxyl groups excluding tert-OH is 1. The molecule has 0 saturated carbocycles. The summed E-state index contributed by atoms with van der Waals surface area (Å²) in [5.74, 6) is -0.00596. The van der Waals surface area contributed by atoms with E-state index < -0.39 is 0 Å². The number of rotatable bonds is 13. The van der Waals surface area contributed by atoms with E-state index in [1.54, 1.807) is 0 Å². The normalized spacial score (nSPS) is 10.6. The van der Waals surface area contributed by atoms with Gasteiger partial charge >= 0.3 is 0 Å². The average molecular weight is 262 g/mol. The van der Waals surface area contributed by atoms with E-state index in [1.165, 1.54) is 0 Å². The number of carbonyl (C=O) groups is 1. The van der Waals surface area contributed by atoms with E-state index >= 15 is 0 Å². The second-order valence-electron chi connectivity index (χ2n) is 3.77. The first-order valence-corrected chi connectivity index (χ1v) is 6.55. The van der Waals surface area contributed by atoms with E-state index in [-0.39, 0.29) is 12.5 Å². The Kier molecular flexibility index (Phi) is 13.8. The van der Waals surface area contributed by atoms with Crippen LogP contribution in [0.5, 0.6) is 0 Å². The van der Waals surface area contributed by atoms with E-state index in [2.05, 4.69) is 10.6 Å². The van der Waals surface area contributed by atoms with Gasteiger partial charge in [0.2, 0.25) is 5.91 Å². The van der Waals surface area contributed by atoms with Crippen molar-refractivity contribution in [3.05, 3.63) is 0 Å². The van der Waals surface area contributed by atoms with Crippen LogP contribution in [0.4, 0.5) is 0 Å². The van der Waals surface area contributed by atoms with Crippen LogP contribution in [0.15, 0.2) is 0 Å². The molecule has 0 aromatic heterocycles. The summed E-state index contributed by atoms with van der Waals surface area (Å²) in [7, 11) is 0. The zero-order valence-corrected chi connectivity index (χ0v) is 11.2. The second kappa shape index (κ2) is 14.4. The average Bonchev–Trinajstić information content (AvgIpc) is 2.38. The van der Waals surface area contributed by atoms with Crippen LogP contribution in [-0.4, -0.2) is 63.7 Å². The molecule has 0 fully saturated rings. The van der Waals surface area contributed by atoms with Crippen molar-refractivity contribution in [2.45, 2.75) is 19.8 Å². The van der Waals surface area contributed by atoms with Crippen LogP contribution >= 0.6 is 0 Å². The van der Waals surface area contributed by atoms with Gasteiger partial charge in [-0.1, -0.05) is 0 Å². The van der Waals surface area contributed by atoms with Crippen LogP contribution in [0.3, 0.4) is 0 Å². The zero-order chi connectivity index (χ0) is 13.5. The highest BCUT2D eigenvalue weighted by Gasteiger charge is 1.99. The summed E-state index contributed by atoms with van der Waals surface area (Å²) < 4.78 is 10.2. The molecule has 0 aromatic rings. The highest BCUT2D eigenvalue weighted by atomic mass is 16.5. The highest BCUT2D eigenvalue weighted by Crippen LogP contribution is 1.81. The minimum Gasteiger partial charge on any atom is -0.394 e. The summed E-state index contributed by atoms with van der Waals surface area (Å²) >= 11 is 0. The fourth-order valence-corrected chi connectivity index (χ4v) is 1.28. The molecule has 0 unspecified atom stereocenters. The van der Waals surface area contributed by atoms with Crippen LogP contribution in [-0.2, 0) is 14.3 Å². The van der Waals surface area contributed by atoms with Gasteiger partial charge in [-0.05, 0) is 26.3 Å². The lowest BCUT2D eigenvalue weighted by molar-refractivity contribution is -0.120. The highest BCUT2D eigenvalue weighted by molar-refractivity contribution is 5.77. The summed E-state index contributed by atoms with van der Waals surface area (Å²) in [6.07, 6.45) is 1.67. The van der Waals surface area contributed by atoms with E-state index in [9.17, 15) is 4.79 Å². The van der Waals surface area contributed by atoms with Crippen LogP contribution in [0.2, 0.25) is 0 Å². The first-order valence-electron chi connectivity index (χ1n) is 6.55. The fraction of sp³-hybridized carbons (Fsp3) is 0.917. The Morgan fingerprint density at radius 3 is 2.56 bits per heavy atom. The molecule has 1 amide bonds. The Labute approximate surface area is 109 Å². The molecule has 3 N–H and O–H groups in total. The summed E-state index contributed by atoms with van der Waals surface area (Å²) in [4.78, 5) is 11.3. The third-order valence-electron chi connectivity index (χ3n) is 2.16. The first kappa shape index (κ1) is 17.3. The molecule has 0 aliphatic carbocycles. The molecule has 0 aliphatic heterocycles. The van der Waals surface area contributed by atoms with E-state index in [0.717, 1.165) is 32.6 Å². The number of aliphatic hydroxyl groups is 1. The molecule has 6 heteroatoms. The van der Waals surface area contributed by atoms with Crippen molar-refractivity contribution >= 4 is 5.91 Å². The van der Waals surface area contributed by atoms with Crippen molar-refractivity contribution in [1.82, 2.24) is 10.6 Å². The lowest BCUT2D eigenvalue weighted by Crippen LogP contribution is -2.35. The molecule has 0 heterocycles. The second-order valence-corrected chi connectivity index (χ2v) is 3.77. The lowest BCUT2D eigenvalue weighted by Gasteiger charge is -2.07. The standard InChI is InChI=1S/C12H26N2O4/c1-2-17-8-3-5-13-11-12(16)14-6-4-9-18-10-7-15/h13,15H,2-11H2,1H3,(H,14,16). The molecule has 0 radical (unpaired) electrons. The Morgan fingerprint density at radius 1 is 1.11 bits per heavy atom. The molecule has 18 heavy (non-hydrogen) atoms. The first-order chi connectivity index (χ1) is 8.81. The predicted octanol–water partition coefficient (Wildman–Crippen LogP) is -0.482. The largest absolute Gasteiger partial charge is 0.394 e. The Balaban J connectivity index is 3.12. The van der Waals surface area contributed by atoms with Gasteiger partial charge in [0.05, 0.1) is 19.8 Å². The lowest BCUT2D eigenvalue weighted by atomic mass is 10.4. The number of nitrogens with one attached hydrogen (secondary N) is 2. The van der Waals surface area contributed by atoms with E-state index in [4.69, 9.17) is 14.6 Å². The number of carbonyl (C=O) groups excluding carboxylic acids is 1. The topological polar surface area (TPSA) is 79.8 Å². The Bertz CT molecular complexity index is 173. The molecule has 0 aromatic carbocycles. The number of hydrogen-bond acceptors (Lipinski definition) is 5. The van der Waals surface area contributed by atoms with Crippen molar-refractivity contribution in [3.63, 3.8) is 0 Å². The molecule has 108 valence electrons. The van der Waals surface area contributed by atoms with Gasteiger partial charge in [-0.3, -0.25) is 4.79 Å². The van der Waals surface area contributed by atoms with Gasteiger partial charge in [-0.2, -0.15) is 0 Å². The van der Waals surface area contributed by atoms with Crippen LogP contribution in [0.25, 0.3) is 0 Å². The van der Waals surface area contributed by atoms with Crippen molar-refractivity contribution in [1.29, 1.82) is 0 Å². The Morgan fingerprint density at radius 2 is 1.83 bits per heavy atom. The minimum absolute atomic E-state index is 0.00596. The molecule has 0 rings (SSSR count). The van der Waals surface area contributed by atoms with Gasteiger partial charge in [0, 0.05) is 26.4 Å². The molecule has 0 bridgehead atoms. The summed E-state index contributed by atoms with van der Waals surface area (Å²) in [6, 6.07) is 0. The predicted molar refractivity (Wildman–Crippen MR) is 69.5 cm³/mol. The van der Waals surface area contributed by atoms with E-state index in [1.807, 2.05) is 6.92 Å². The maximum Gasteiger partial charge on any atom is 0.233 e. The van der Waals surface area contributed by atoms with Gasteiger partial charge in [-0.15, -0.1) is 0 Å². The number of hydrogen-bond donors (Lipinski definition) is 3. The quantitative estimate of drug-likeness (QED) is 0.391. The molecular weight excluding hydrogens is 236 g/mol. The minimum atomic E-state index is -0.00596. The van der Waals surface area contributed by atoms with Crippen molar-refractivity contribution < 1.29 is 19.4 Å². The maximum atomic E-state index is 11.3. The van der Waals surface area contributed by atoms with Crippen LogP contribution in [0, 0.1) is 0 Å². The molecule has 0 saturated heterocycles. The monoisotopic (exact) mass is 262 g/mol. The van der Waals surface area contributed by atoms with Crippen LogP contribution < -0.4 is 10.6 Å². The SMILES string of the molecule is CCOCCCNCC(=O)NCCCOCCO. The van der Waals surface area contributed by atoms with Gasteiger partial charge in [0.25, 0.3) is 0 Å². The maximum absolute atomic E-state index is 11.3. The van der Waals surface area contributed by atoms with Crippen molar-refractivity contribution in [3.8, 4) is 0 Å². The molecular formula is C12H26N2O4. The van der Waals surface area contributed by atoms with Crippen molar-refractivity contribution in [2.24, 2.45) is 0 Å². The summed E-state index contributed by atoms with van der Waals surface area (Å²) in [5.41, 5.74) is 0. The summed E-state index contributed by atoms with van der Waals surface area (Å²) in [6.45, 7) is 6.11. The van der Waals surface area contributed by atoms with E-state index in [0.29, 0.717) is 26.3 Å². The fourth-order valence-electron chi connectivity index (χ4n) is 1.28. The third kappa shape index (κ3) is 13.4. The zero-order valence-electron chi connectivity index (χ0n) is 11.2. The van der Waals surface area contributed by atoms with Gasteiger partial charge in [0.1, 0.15) is 0 Å².